The Balaban J connectivity index is 1.94. The number of nitrogens with one attached hydrogen (secondary N) is 1. The molecule has 1 N–H and O–H groups in total. The molecule has 0 fully saturated rings. The fraction of sp³-hybridized carbons (Fsp3) is 0.133. The first-order valence-electron chi connectivity index (χ1n) is 6.71. The molecule has 0 saturated carbocycles. The number of amides is 2. The molecular formula is C15H13N3O3S. The second-order valence-corrected chi connectivity index (χ2v) is 6.50. The largest absolute Gasteiger partial charge is 0.368 e. The van der Waals surface area contributed by atoms with E-state index >= 15 is 0 Å². The molecule has 3 rings (SSSR count). The molecule has 2 aromatic carbocycles. The van der Waals surface area contributed by atoms with Crippen LogP contribution in [0.5, 0.6) is 0 Å². The molecule has 2 amide bonds. The number of rotatable bonds is 4. The van der Waals surface area contributed by atoms with Gasteiger partial charge < -0.3 is 0 Å². The lowest BCUT2D eigenvalue weighted by molar-refractivity contribution is 0.256. The van der Waals surface area contributed by atoms with Crippen molar-refractivity contribution >= 4 is 21.7 Å². The molecule has 6 nitrogen and oxygen atoms in total. The molecule has 2 aromatic rings. The van der Waals surface area contributed by atoms with Crippen molar-refractivity contribution in [3.05, 3.63) is 58.7 Å². The van der Waals surface area contributed by atoms with E-state index in [2.05, 4.69) is 14.7 Å². The number of hydrogen-bond donors (Lipinski definition) is 1. The van der Waals surface area contributed by atoms with E-state index in [4.69, 9.17) is 0 Å². The number of fused-ring (bicyclic) bond motifs is 1. The van der Waals surface area contributed by atoms with Gasteiger partial charge in [-0.05, 0) is 42.3 Å². The molecule has 0 saturated heterocycles. The molecule has 0 radical (unpaired) electrons. The third kappa shape index (κ3) is 2.75. The zero-order valence-electron chi connectivity index (χ0n) is 11.8. The molecule has 0 aromatic heterocycles. The average molecular weight is 315 g/mol. The Morgan fingerprint density at radius 3 is 2.36 bits per heavy atom. The van der Waals surface area contributed by atoms with Gasteiger partial charge in [-0.25, -0.2) is 13.2 Å². The zero-order valence-corrected chi connectivity index (χ0v) is 12.6. The molecule has 0 unspecified atom stereocenters. The maximum atomic E-state index is 12.4. The van der Waals surface area contributed by atoms with Crippen LogP contribution >= 0.6 is 0 Å². The van der Waals surface area contributed by atoms with Crippen LogP contribution in [-0.4, -0.2) is 14.4 Å². The Labute approximate surface area is 127 Å². The highest BCUT2D eigenvalue weighted by Gasteiger charge is 2.16. The summed E-state index contributed by atoms with van der Waals surface area (Å²) in [4.78, 5) is 18.5. The molecule has 0 spiro atoms. The normalized spacial score (nSPS) is 13.2. The lowest BCUT2D eigenvalue weighted by atomic mass is 10.2. The van der Waals surface area contributed by atoms with Crippen molar-refractivity contribution in [1.29, 1.82) is 0 Å². The van der Waals surface area contributed by atoms with Gasteiger partial charge in [0, 0.05) is 5.69 Å². The third-order valence-electron chi connectivity index (χ3n) is 3.30. The summed E-state index contributed by atoms with van der Waals surface area (Å²) >= 11 is 0. The van der Waals surface area contributed by atoms with Crippen LogP contribution in [0.25, 0.3) is 0 Å². The Hall–Kier alpha value is -2.54. The predicted octanol–water partition coefficient (Wildman–Crippen LogP) is 1.42. The number of nitrogens with zero attached hydrogens (tertiary/aromatic N) is 2. The molecule has 1 heterocycles. The molecule has 0 atom stereocenters. The molecule has 1 aliphatic heterocycles. The van der Waals surface area contributed by atoms with Gasteiger partial charge >= 0.3 is 6.03 Å². The molecule has 112 valence electrons. The summed E-state index contributed by atoms with van der Waals surface area (Å²) < 4.78 is 27.2. The Kier molecular flexibility index (Phi) is 3.50. The molecule has 22 heavy (non-hydrogen) atoms. The SMILES string of the molecule is CCc1ccc(NS(=O)(=O)c2ccc3c(c2)=NC(=O)N=3)cc1. The van der Waals surface area contributed by atoms with Gasteiger partial charge in [0.1, 0.15) is 0 Å². The topological polar surface area (TPSA) is 88.0 Å². The van der Waals surface area contributed by atoms with Gasteiger partial charge in [-0.15, -0.1) is 0 Å². The highest BCUT2D eigenvalue weighted by molar-refractivity contribution is 7.92. The summed E-state index contributed by atoms with van der Waals surface area (Å²) in [5, 5.41) is 0.658. The van der Waals surface area contributed by atoms with Crippen LogP contribution < -0.4 is 15.4 Å². The van der Waals surface area contributed by atoms with Crippen molar-refractivity contribution in [3.8, 4) is 0 Å². The van der Waals surface area contributed by atoms with Crippen molar-refractivity contribution in [2.75, 3.05) is 4.72 Å². The van der Waals surface area contributed by atoms with Crippen LogP contribution in [-0.2, 0) is 16.4 Å². The van der Waals surface area contributed by atoms with E-state index in [1.165, 1.54) is 18.2 Å². The minimum absolute atomic E-state index is 0.0412. The summed E-state index contributed by atoms with van der Waals surface area (Å²) in [6.07, 6.45) is 0.886. The Morgan fingerprint density at radius 1 is 1.00 bits per heavy atom. The molecule has 7 heteroatoms. The number of hydrogen-bond acceptors (Lipinski definition) is 3. The van der Waals surface area contributed by atoms with E-state index in [1.807, 2.05) is 19.1 Å². The van der Waals surface area contributed by atoms with Gasteiger partial charge in [0.2, 0.25) is 0 Å². The second-order valence-electron chi connectivity index (χ2n) is 4.81. The summed E-state index contributed by atoms with van der Waals surface area (Å²) in [5.41, 5.74) is 1.61. The van der Waals surface area contributed by atoms with E-state index < -0.39 is 16.1 Å². The third-order valence-corrected chi connectivity index (χ3v) is 4.68. The van der Waals surface area contributed by atoms with Crippen LogP contribution in [0.15, 0.2) is 57.3 Å². The quantitative estimate of drug-likeness (QED) is 0.925. The molecular weight excluding hydrogens is 302 g/mol. The van der Waals surface area contributed by atoms with Crippen LogP contribution in [0, 0.1) is 0 Å². The minimum Gasteiger partial charge on any atom is -0.280 e. The smallest absolute Gasteiger partial charge is 0.280 e. The standard InChI is InChI=1S/C15H13N3O3S/c1-2-10-3-5-11(6-4-10)18-22(20,21)12-7-8-13-14(9-12)17-15(19)16-13/h3-9,18H,2H2,1H3. The fourth-order valence-electron chi connectivity index (χ4n) is 2.11. The number of aryl methyl sites for hydroxylation is 1. The van der Waals surface area contributed by atoms with E-state index in [0.717, 1.165) is 12.0 Å². The Morgan fingerprint density at radius 2 is 1.68 bits per heavy atom. The van der Waals surface area contributed by atoms with Gasteiger partial charge in [0.25, 0.3) is 10.0 Å². The predicted molar refractivity (Wildman–Crippen MR) is 80.8 cm³/mol. The number of urea groups is 1. The molecule has 1 aliphatic rings. The maximum Gasteiger partial charge on any atom is 0.368 e. The minimum atomic E-state index is -3.73. The Bertz CT molecular complexity index is 964. The first-order chi connectivity index (χ1) is 10.5. The van der Waals surface area contributed by atoms with E-state index in [0.29, 0.717) is 11.0 Å². The lowest BCUT2D eigenvalue weighted by Gasteiger charge is -2.08. The van der Waals surface area contributed by atoms with Gasteiger partial charge in [0.15, 0.2) is 0 Å². The average Bonchev–Trinajstić information content (AvgIpc) is 2.86. The summed E-state index contributed by atoms with van der Waals surface area (Å²) in [7, 11) is -3.73. The van der Waals surface area contributed by atoms with Crippen LogP contribution in [0.3, 0.4) is 0 Å². The number of sulfonamides is 1. The van der Waals surface area contributed by atoms with E-state index in [1.54, 1.807) is 12.1 Å². The second kappa shape index (κ2) is 5.34. The first kappa shape index (κ1) is 14.4. The first-order valence-corrected chi connectivity index (χ1v) is 8.19. The summed E-state index contributed by atoms with van der Waals surface area (Å²) in [5.74, 6) is 0. The van der Waals surface area contributed by atoms with Crippen molar-refractivity contribution in [3.63, 3.8) is 0 Å². The monoisotopic (exact) mass is 315 g/mol. The zero-order chi connectivity index (χ0) is 15.7. The van der Waals surface area contributed by atoms with Crippen LogP contribution in [0.2, 0.25) is 0 Å². The van der Waals surface area contributed by atoms with Crippen LogP contribution in [0.1, 0.15) is 12.5 Å². The highest BCUT2D eigenvalue weighted by atomic mass is 32.2. The highest BCUT2D eigenvalue weighted by Crippen LogP contribution is 2.15. The van der Waals surface area contributed by atoms with Gasteiger partial charge in [0.05, 0.1) is 15.6 Å². The number of carbonyl (C=O) groups is 1. The van der Waals surface area contributed by atoms with Crippen LogP contribution in [0.4, 0.5) is 10.5 Å². The number of anilines is 1. The summed E-state index contributed by atoms with van der Waals surface area (Å²) in [6.45, 7) is 2.03. The molecule has 0 bridgehead atoms. The lowest BCUT2D eigenvalue weighted by Crippen LogP contribution is -2.24. The van der Waals surface area contributed by atoms with Crippen molar-refractivity contribution in [2.45, 2.75) is 18.2 Å². The number of carbonyl (C=O) groups excluding carboxylic acids is 1. The van der Waals surface area contributed by atoms with Gasteiger partial charge in [-0.1, -0.05) is 19.1 Å². The summed E-state index contributed by atoms with van der Waals surface area (Å²) in [6, 6.07) is 10.8. The van der Waals surface area contributed by atoms with Gasteiger partial charge in [-0.3, -0.25) is 4.72 Å². The van der Waals surface area contributed by atoms with Crippen molar-refractivity contribution in [2.24, 2.45) is 9.98 Å². The van der Waals surface area contributed by atoms with Crippen molar-refractivity contribution < 1.29 is 13.2 Å². The van der Waals surface area contributed by atoms with E-state index in [-0.39, 0.29) is 10.3 Å². The van der Waals surface area contributed by atoms with Crippen molar-refractivity contribution in [1.82, 2.24) is 0 Å². The van der Waals surface area contributed by atoms with Gasteiger partial charge in [-0.2, -0.15) is 9.98 Å². The molecule has 0 aliphatic carbocycles. The maximum absolute atomic E-state index is 12.4. The van der Waals surface area contributed by atoms with E-state index in [9.17, 15) is 13.2 Å². The fourth-order valence-corrected chi connectivity index (χ4v) is 3.19. The number of benzene rings is 2.